The standard InChI is InChI=1S/C13H13ClFNO2/c14-10-4-3-9(6-11(10)15)7-16-8-12(17)13-2-1-5-18-13/h1-6,12,16-17H,7-8H2. The number of nitrogens with one attached hydrogen (secondary N) is 1. The molecule has 0 aliphatic carbocycles. The molecule has 0 spiro atoms. The molecular weight excluding hydrogens is 257 g/mol. The summed E-state index contributed by atoms with van der Waals surface area (Å²) in [7, 11) is 0. The SMILES string of the molecule is OC(CNCc1ccc(Cl)c(F)c1)c1ccco1. The highest BCUT2D eigenvalue weighted by molar-refractivity contribution is 6.30. The molecule has 1 heterocycles. The van der Waals surface area contributed by atoms with Crippen LogP contribution in [0.3, 0.4) is 0 Å². The van der Waals surface area contributed by atoms with E-state index in [0.29, 0.717) is 18.8 Å². The molecule has 1 atom stereocenters. The quantitative estimate of drug-likeness (QED) is 0.877. The Morgan fingerprint density at radius 2 is 2.22 bits per heavy atom. The molecule has 96 valence electrons. The molecule has 1 unspecified atom stereocenters. The van der Waals surface area contributed by atoms with E-state index < -0.39 is 11.9 Å². The van der Waals surface area contributed by atoms with Crippen molar-refractivity contribution in [3.63, 3.8) is 0 Å². The van der Waals surface area contributed by atoms with E-state index in [1.165, 1.54) is 18.4 Å². The van der Waals surface area contributed by atoms with Gasteiger partial charge in [0.05, 0.1) is 11.3 Å². The van der Waals surface area contributed by atoms with Crippen molar-refractivity contribution in [3.8, 4) is 0 Å². The fraction of sp³-hybridized carbons (Fsp3) is 0.231. The molecule has 18 heavy (non-hydrogen) atoms. The number of benzene rings is 1. The summed E-state index contributed by atoms with van der Waals surface area (Å²) in [5.74, 6) is 0.0623. The number of furan rings is 1. The lowest BCUT2D eigenvalue weighted by atomic mass is 10.2. The molecule has 2 aromatic rings. The predicted molar refractivity (Wildman–Crippen MR) is 66.8 cm³/mol. The molecular formula is C13H13ClFNO2. The number of halogens is 2. The summed E-state index contributed by atoms with van der Waals surface area (Å²) < 4.78 is 18.2. The van der Waals surface area contributed by atoms with Gasteiger partial charge in [-0.2, -0.15) is 0 Å². The number of aliphatic hydroxyl groups excluding tert-OH is 1. The second-order valence-electron chi connectivity index (χ2n) is 3.91. The molecule has 0 saturated heterocycles. The van der Waals surface area contributed by atoms with Crippen molar-refractivity contribution in [2.45, 2.75) is 12.6 Å². The van der Waals surface area contributed by atoms with Crippen LogP contribution in [0.1, 0.15) is 17.4 Å². The van der Waals surface area contributed by atoms with E-state index in [-0.39, 0.29) is 5.02 Å². The van der Waals surface area contributed by atoms with Crippen molar-refractivity contribution in [1.82, 2.24) is 5.32 Å². The van der Waals surface area contributed by atoms with Crippen LogP contribution in [-0.4, -0.2) is 11.7 Å². The first-order chi connectivity index (χ1) is 8.66. The van der Waals surface area contributed by atoms with Crippen LogP contribution < -0.4 is 5.32 Å². The van der Waals surface area contributed by atoms with E-state index in [9.17, 15) is 9.50 Å². The van der Waals surface area contributed by atoms with Gasteiger partial charge in [0.2, 0.25) is 0 Å². The van der Waals surface area contributed by atoms with Gasteiger partial charge in [0, 0.05) is 13.1 Å². The van der Waals surface area contributed by atoms with Crippen molar-refractivity contribution >= 4 is 11.6 Å². The van der Waals surface area contributed by atoms with Crippen molar-refractivity contribution in [2.24, 2.45) is 0 Å². The second-order valence-corrected chi connectivity index (χ2v) is 4.32. The largest absolute Gasteiger partial charge is 0.467 e. The molecule has 0 fully saturated rings. The second kappa shape index (κ2) is 6.00. The molecule has 1 aromatic heterocycles. The minimum absolute atomic E-state index is 0.106. The van der Waals surface area contributed by atoms with Gasteiger partial charge in [0.25, 0.3) is 0 Å². The molecule has 0 amide bonds. The smallest absolute Gasteiger partial charge is 0.142 e. The maximum absolute atomic E-state index is 13.2. The van der Waals surface area contributed by atoms with Crippen LogP contribution in [0.2, 0.25) is 5.02 Å². The van der Waals surface area contributed by atoms with Gasteiger partial charge in [0.1, 0.15) is 17.7 Å². The third-order valence-corrected chi connectivity index (χ3v) is 2.83. The van der Waals surface area contributed by atoms with E-state index in [2.05, 4.69) is 5.32 Å². The molecule has 2 rings (SSSR count). The van der Waals surface area contributed by atoms with Crippen LogP contribution in [0.15, 0.2) is 41.0 Å². The maximum Gasteiger partial charge on any atom is 0.142 e. The van der Waals surface area contributed by atoms with E-state index in [0.717, 1.165) is 5.56 Å². The first-order valence-electron chi connectivity index (χ1n) is 5.53. The Balaban J connectivity index is 1.83. The molecule has 0 bridgehead atoms. The molecule has 5 heteroatoms. The Bertz CT molecular complexity index is 502. The Labute approximate surface area is 109 Å². The summed E-state index contributed by atoms with van der Waals surface area (Å²) in [4.78, 5) is 0. The fourth-order valence-corrected chi connectivity index (χ4v) is 1.70. The molecule has 1 aromatic carbocycles. The highest BCUT2D eigenvalue weighted by Crippen LogP contribution is 2.16. The highest BCUT2D eigenvalue weighted by Gasteiger charge is 2.09. The summed E-state index contributed by atoms with van der Waals surface area (Å²) in [6, 6.07) is 8.03. The molecule has 0 aliphatic heterocycles. The summed E-state index contributed by atoms with van der Waals surface area (Å²) in [5, 5.41) is 12.9. The maximum atomic E-state index is 13.2. The van der Waals surface area contributed by atoms with Gasteiger partial charge in [-0.15, -0.1) is 0 Å². The monoisotopic (exact) mass is 269 g/mol. The third-order valence-electron chi connectivity index (χ3n) is 2.52. The number of hydrogen-bond acceptors (Lipinski definition) is 3. The van der Waals surface area contributed by atoms with Gasteiger partial charge in [-0.1, -0.05) is 17.7 Å². The van der Waals surface area contributed by atoms with Crippen LogP contribution in [0, 0.1) is 5.82 Å². The molecule has 0 aliphatic rings. The van der Waals surface area contributed by atoms with Gasteiger partial charge >= 0.3 is 0 Å². The van der Waals surface area contributed by atoms with Crippen LogP contribution in [0.25, 0.3) is 0 Å². The zero-order chi connectivity index (χ0) is 13.0. The highest BCUT2D eigenvalue weighted by atomic mass is 35.5. The van der Waals surface area contributed by atoms with Crippen molar-refractivity contribution in [1.29, 1.82) is 0 Å². The zero-order valence-electron chi connectivity index (χ0n) is 9.57. The Morgan fingerprint density at radius 1 is 1.39 bits per heavy atom. The third kappa shape index (κ3) is 3.32. The van der Waals surface area contributed by atoms with Crippen molar-refractivity contribution < 1.29 is 13.9 Å². The average molecular weight is 270 g/mol. The lowest BCUT2D eigenvalue weighted by molar-refractivity contribution is 0.147. The van der Waals surface area contributed by atoms with Crippen molar-refractivity contribution in [2.75, 3.05) is 6.54 Å². The van der Waals surface area contributed by atoms with E-state index in [1.807, 2.05) is 0 Å². The zero-order valence-corrected chi connectivity index (χ0v) is 10.3. The number of aliphatic hydroxyl groups is 1. The fourth-order valence-electron chi connectivity index (χ4n) is 1.58. The van der Waals surface area contributed by atoms with Crippen molar-refractivity contribution in [3.05, 3.63) is 58.8 Å². The Kier molecular flexibility index (Phi) is 4.36. The Hall–Kier alpha value is -1.36. The van der Waals surface area contributed by atoms with Gasteiger partial charge in [-0.3, -0.25) is 0 Å². The molecule has 2 N–H and O–H groups in total. The topological polar surface area (TPSA) is 45.4 Å². The van der Waals surface area contributed by atoms with Gasteiger partial charge < -0.3 is 14.8 Å². The summed E-state index contributed by atoms with van der Waals surface area (Å²) in [6.45, 7) is 0.781. The average Bonchev–Trinajstić information content (AvgIpc) is 2.87. The lowest BCUT2D eigenvalue weighted by Gasteiger charge is -2.09. The van der Waals surface area contributed by atoms with Crippen LogP contribution >= 0.6 is 11.6 Å². The van der Waals surface area contributed by atoms with E-state index >= 15 is 0 Å². The van der Waals surface area contributed by atoms with Gasteiger partial charge in [-0.25, -0.2) is 4.39 Å². The lowest BCUT2D eigenvalue weighted by Crippen LogP contribution is -2.20. The first kappa shape index (κ1) is 13.1. The minimum Gasteiger partial charge on any atom is -0.467 e. The van der Waals surface area contributed by atoms with E-state index in [4.69, 9.17) is 16.0 Å². The molecule has 0 radical (unpaired) electrons. The summed E-state index contributed by atoms with van der Waals surface area (Å²) >= 11 is 5.58. The summed E-state index contributed by atoms with van der Waals surface area (Å²) in [6.07, 6.45) is 0.796. The number of rotatable bonds is 5. The normalized spacial score (nSPS) is 12.6. The van der Waals surface area contributed by atoms with Crippen LogP contribution in [0.5, 0.6) is 0 Å². The van der Waals surface area contributed by atoms with Crippen LogP contribution in [-0.2, 0) is 6.54 Å². The first-order valence-corrected chi connectivity index (χ1v) is 5.90. The molecule has 3 nitrogen and oxygen atoms in total. The summed E-state index contributed by atoms with van der Waals surface area (Å²) in [5.41, 5.74) is 0.767. The van der Waals surface area contributed by atoms with Crippen LogP contribution in [0.4, 0.5) is 4.39 Å². The minimum atomic E-state index is -0.711. The van der Waals surface area contributed by atoms with Gasteiger partial charge in [-0.05, 0) is 29.8 Å². The Morgan fingerprint density at radius 3 is 2.89 bits per heavy atom. The molecule has 0 saturated carbocycles. The van der Waals surface area contributed by atoms with Gasteiger partial charge in [0.15, 0.2) is 0 Å². The predicted octanol–water partition coefficient (Wildman–Crippen LogP) is 2.90. The number of hydrogen-bond donors (Lipinski definition) is 2. The van der Waals surface area contributed by atoms with E-state index in [1.54, 1.807) is 18.2 Å².